The zero-order valence-corrected chi connectivity index (χ0v) is 12.5. The Balaban J connectivity index is 2.49. The minimum Gasteiger partial charge on any atom is -0.373 e. The van der Waals surface area contributed by atoms with Gasteiger partial charge in [-0.1, -0.05) is 23.9 Å². The molecule has 0 saturated carbocycles. The number of para-hydroxylation sites is 1. The van der Waals surface area contributed by atoms with Crippen LogP contribution in [0.1, 0.15) is 6.92 Å². The predicted octanol–water partition coefficient (Wildman–Crippen LogP) is 3.54. The lowest BCUT2D eigenvalue weighted by Gasteiger charge is -2.23. The third-order valence-corrected chi connectivity index (χ3v) is 3.41. The number of thioether (sulfide) groups is 1. The van der Waals surface area contributed by atoms with Crippen LogP contribution in [-0.2, 0) is 0 Å². The highest BCUT2D eigenvalue weighted by molar-refractivity contribution is 7.98. The van der Waals surface area contributed by atoms with E-state index in [-0.39, 0.29) is 5.82 Å². The van der Waals surface area contributed by atoms with Crippen molar-refractivity contribution in [3.05, 3.63) is 36.1 Å². The van der Waals surface area contributed by atoms with Crippen LogP contribution >= 0.6 is 11.8 Å². The molecule has 1 aromatic carbocycles. The van der Waals surface area contributed by atoms with Gasteiger partial charge in [-0.05, 0) is 25.3 Å². The highest BCUT2D eigenvalue weighted by Gasteiger charge is 2.14. The van der Waals surface area contributed by atoms with E-state index in [4.69, 9.17) is 0 Å². The molecule has 20 heavy (non-hydrogen) atoms. The second kappa shape index (κ2) is 6.56. The maximum atomic E-state index is 14.0. The number of benzene rings is 1. The Kier molecular flexibility index (Phi) is 4.79. The highest BCUT2D eigenvalue weighted by atomic mass is 32.2. The van der Waals surface area contributed by atoms with E-state index in [1.54, 1.807) is 19.2 Å². The third-order valence-electron chi connectivity index (χ3n) is 2.87. The molecular weight excluding hydrogens is 275 g/mol. The fraction of sp³-hybridized carbons (Fsp3) is 0.286. The first-order valence-corrected chi connectivity index (χ1v) is 7.55. The van der Waals surface area contributed by atoms with E-state index in [0.717, 1.165) is 0 Å². The summed E-state index contributed by atoms with van der Waals surface area (Å²) in [4.78, 5) is 10.6. The molecule has 0 unspecified atom stereocenters. The Morgan fingerprint density at radius 2 is 2.05 bits per heavy atom. The largest absolute Gasteiger partial charge is 0.373 e. The second-order valence-corrected chi connectivity index (χ2v) is 4.82. The molecule has 106 valence electrons. The van der Waals surface area contributed by atoms with E-state index in [9.17, 15) is 4.39 Å². The lowest BCUT2D eigenvalue weighted by Crippen LogP contribution is -2.19. The average Bonchev–Trinajstić information content (AvgIpc) is 2.49. The van der Waals surface area contributed by atoms with E-state index in [1.807, 2.05) is 30.2 Å². The maximum absolute atomic E-state index is 14.0. The molecule has 1 N–H and O–H groups in total. The van der Waals surface area contributed by atoms with E-state index >= 15 is 0 Å². The van der Waals surface area contributed by atoms with Crippen molar-refractivity contribution in [2.24, 2.45) is 0 Å². The fourth-order valence-corrected chi connectivity index (χ4v) is 2.27. The Morgan fingerprint density at radius 1 is 1.30 bits per heavy atom. The van der Waals surface area contributed by atoms with Gasteiger partial charge in [0, 0.05) is 19.7 Å². The zero-order valence-electron chi connectivity index (χ0n) is 11.7. The zero-order chi connectivity index (χ0) is 14.5. The minimum absolute atomic E-state index is 0.260. The van der Waals surface area contributed by atoms with Gasteiger partial charge in [-0.3, -0.25) is 0 Å². The number of nitrogens with zero attached hydrogens (tertiary/aromatic N) is 3. The summed E-state index contributed by atoms with van der Waals surface area (Å²) in [5.41, 5.74) is 0.516. The summed E-state index contributed by atoms with van der Waals surface area (Å²) in [5.74, 6) is 1.14. The number of halogens is 1. The molecule has 2 rings (SSSR count). The molecular formula is C14H17FN4S. The SMILES string of the molecule is CCN(c1cc(NC)nc(SC)n1)c1ccccc1F. The molecule has 1 heterocycles. The number of aromatic nitrogens is 2. The Morgan fingerprint density at radius 3 is 2.65 bits per heavy atom. The van der Waals surface area contributed by atoms with E-state index in [2.05, 4.69) is 15.3 Å². The van der Waals surface area contributed by atoms with Crippen molar-refractivity contribution in [2.75, 3.05) is 30.1 Å². The van der Waals surface area contributed by atoms with Gasteiger partial charge in [0.15, 0.2) is 5.16 Å². The molecule has 2 aromatic rings. The normalized spacial score (nSPS) is 10.4. The van der Waals surface area contributed by atoms with Crippen molar-refractivity contribution in [1.29, 1.82) is 0 Å². The molecule has 4 nitrogen and oxygen atoms in total. The molecule has 0 aliphatic carbocycles. The lowest BCUT2D eigenvalue weighted by atomic mass is 10.2. The lowest BCUT2D eigenvalue weighted by molar-refractivity contribution is 0.625. The van der Waals surface area contributed by atoms with Gasteiger partial charge < -0.3 is 10.2 Å². The van der Waals surface area contributed by atoms with Crippen LogP contribution < -0.4 is 10.2 Å². The number of anilines is 3. The van der Waals surface area contributed by atoms with Crippen LogP contribution in [0.4, 0.5) is 21.7 Å². The fourth-order valence-electron chi connectivity index (χ4n) is 1.90. The summed E-state index contributed by atoms with van der Waals surface area (Å²) in [6.45, 7) is 2.58. The Labute approximate surface area is 122 Å². The van der Waals surface area contributed by atoms with Crippen molar-refractivity contribution in [1.82, 2.24) is 9.97 Å². The van der Waals surface area contributed by atoms with Gasteiger partial charge in [0.2, 0.25) is 0 Å². The van der Waals surface area contributed by atoms with E-state index in [0.29, 0.717) is 29.0 Å². The molecule has 0 bridgehead atoms. The van der Waals surface area contributed by atoms with Crippen LogP contribution in [0.3, 0.4) is 0 Å². The summed E-state index contributed by atoms with van der Waals surface area (Å²) in [7, 11) is 1.80. The van der Waals surface area contributed by atoms with Crippen molar-refractivity contribution < 1.29 is 4.39 Å². The monoisotopic (exact) mass is 292 g/mol. The highest BCUT2D eigenvalue weighted by Crippen LogP contribution is 2.28. The first-order chi connectivity index (χ1) is 9.69. The van der Waals surface area contributed by atoms with Gasteiger partial charge >= 0.3 is 0 Å². The molecule has 0 spiro atoms. The van der Waals surface area contributed by atoms with Crippen LogP contribution in [0, 0.1) is 5.82 Å². The van der Waals surface area contributed by atoms with Crippen LogP contribution in [0.2, 0.25) is 0 Å². The second-order valence-electron chi connectivity index (χ2n) is 4.04. The molecule has 0 atom stereocenters. The van der Waals surface area contributed by atoms with Crippen molar-refractivity contribution >= 4 is 29.1 Å². The van der Waals surface area contributed by atoms with Gasteiger partial charge in [-0.2, -0.15) is 0 Å². The molecule has 0 aliphatic rings. The summed E-state index contributed by atoms with van der Waals surface area (Å²) < 4.78 is 14.0. The van der Waals surface area contributed by atoms with E-state index < -0.39 is 0 Å². The third kappa shape index (κ3) is 3.01. The summed E-state index contributed by atoms with van der Waals surface area (Å²) in [5, 5.41) is 3.66. The van der Waals surface area contributed by atoms with Gasteiger partial charge in [0.1, 0.15) is 17.5 Å². The van der Waals surface area contributed by atoms with Gasteiger partial charge in [-0.15, -0.1) is 0 Å². The molecule has 6 heteroatoms. The maximum Gasteiger partial charge on any atom is 0.191 e. The van der Waals surface area contributed by atoms with Crippen molar-refractivity contribution in [3.8, 4) is 0 Å². The van der Waals surface area contributed by atoms with Crippen LogP contribution in [0.25, 0.3) is 0 Å². The number of nitrogens with one attached hydrogen (secondary N) is 1. The number of hydrogen-bond donors (Lipinski definition) is 1. The molecule has 1 aromatic heterocycles. The van der Waals surface area contributed by atoms with Gasteiger partial charge in [0.05, 0.1) is 5.69 Å². The first-order valence-electron chi connectivity index (χ1n) is 6.32. The van der Waals surface area contributed by atoms with Crippen molar-refractivity contribution in [3.63, 3.8) is 0 Å². The predicted molar refractivity (Wildman–Crippen MR) is 82.4 cm³/mol. The summed E-state index contributed by atoms with van der Waals surface area (Å²) >= 11 is 1.46. The quantitative estimate of drug-likeness (QED) is 0.674. The Hall–Kier alpha value is -1.82. The van der Waals surface area contributed by atoms with Gasteiger partial charge in [0.25, 0.3) is 0 Å². The molecule has 0 aliphatic heterocycles. The summed E-state index contributed by atoms with van der Waals surface area (Å²) in [6.07, 6.45) is 1.91. The summed E-state index contributed by atoms with van der Waals surface area (Å²) in [6, 6.07) is 8.51. The van der Waals surface area contributed by atoms with E-state index in [1.165, 1.54) is 17.8 Å². The van der Waals surface area contributed by atoms with Gasteiger partial charge in [-0.25, -0.2) is 14.4 Å². The minimum atomic E-state index is -0.260. The molecule has 0 radical (unpaired) electrons. The number of hydrogen-bond acceptors (Lipinski definition) is 5. The Bertz CT molecular complexity index is 569. The number of rotatable bonds is 5. The van der Waals surface area contributed by atoms with Crippen molar-refractivity contribution in [2.45, 2.75) is 12.1 Å². The molecule has 0 amide bonds. The average molecular weight is 292 g/mol. The standard InChI is InChI=1S/C14H17FN4S/c1-4-19(11-8-6-5-7-10(11)15)13-9-12(16-2)17-14(18-13)20-3/h5-9H,4H2,1-3H3,(H,16,17,18). The molecule has 0 saturated heterocycles. The van der Waals surface area contributed by atoms with Crippen LogP contribution in [0.15, 0.2) is 35.5 Å². The topological polar surface area (TPSA) is 41.0 Å². The van der Waals surface area contributed by atoms with Crippen LogP contribution in [-0.4, -0.2) is 29.8 Å². The molecule has 0 fully saturated rings. The first kappa shape index (κ1) is 14.6. The smallest absolute Gasteiger partial charge is 0.191 e. The van der Waals surface area contributed by atoms with Crippen LogP contribution in [0.5, 0.6) is 0 Å².